The Morgan fingerprint density at radius 3 is 2.46 bits per heavy atom. The standard InChI is InChI=1S/C20H19F3N2O2S/c1-3-6-14-11(2)24-19(25-14)18-16-15(26-9-10-27-16)17(28-18)12-7-4-5-8-13(12)20(21,22)23/h4-5,7-8H,3,6,9-10H2,1-2H3,(H,24,25). The first-order valence-electron chi connectivity index (χ1n) is 9.05. The second kappa shape index (κ2) is 7.16. The van der Waals surface area contributed by atoms with Crippen molar-refractivity contribution in [3.63, 3.8) is 0 Å². The van der Waals surface area contributed by atoms with Crippen molar-refractivity contribution in [3.8, 4) is 32.6 Å². The highest BCUT2D eigenvalue weighted by Gasteiger charge is 2.36. The molecule has 0 spiro atoms. The molecule has 0 bridgehead atoms. The third-order valence-electron chi connectivity index (χ3n) is 4.56. The van der Waals surface area contributed by atoms with Crippen LogP contribution in [0.1, 0.15) is 30.3 Å². The van der Waals surface area contributed by atoms with Gasteiger partial charge in [0.2, 0.25) is 0 Å². The summed E-state index contributed by atoms with van der Waals surface area (Å²) < 4.78 is 52.2. The first kappa shape index (κ1) is 18.9. The number of imidazole rings is 1. The minimum absolute atomic E-state index is 0.0880. The van der Waals surface area contributed by atoms with E-state index in [1.807, 2.05) is 6.92 Å². The third kappa shape index (κ3) is 3.26. The first-order chi connectivity index (χ1) is 13.4. The topological polar surface area (TPSA) is 47.1 Å². The van der Waals surface area contributed by atoms with E-state index in [4.69, 9.17) is 9.47 Å². The maximum Gasteiger partial charge on any atom is 0.417 e. The molecule has 1 N–H and O–H groups in total. The number of halogens is 3. The number of ether oxygens (including phenoxy) is 2. The molecule has 0 amide bonds. The van der Waals surface area contributed by atoms with Gasteiger partial charge in [0.05, 0.1) is 16.1 Å². The molecule has 3 aromatic rings. The van der Waals surface area contributed by atoms with Gasteiger partial charge in [-0.15, -0.1) is 11.3 Å². The molecule has 4 rings (SSSR count). The molecule has 8 heteroatoms. The van der Waals surface area contributed by atoms with E-state index in [1.165, 1.54) is 23.5 Å². The summed E-state index contributed by atoms with van der Waals surface area (Å²) in [5.41, 5.74) is 1.30. The van der Waals surface area contributed by atoms with Crippen molar-refractivity contribution >= 4 is 11.3 Å². The van der Waals surface area contributed by atoms with E-state index < -0.39 is 11.7 Å². The average molecular weight is 408 g/mol. The fourth-order valence-electron chi connectivity index (χ4n) is 3.30. The van der Waals surface area contributed by atoms with Crippen LogP contribution in [0.5, 0.6) is 11.5 Å². The number of benzene rings is 1. The average Bonchev–Trinajstić information content (AvgIpc) is 3.22. The lowest BCUT2D eigenvalue weighted by molar-refractivity contribution is -0.137. The molecule has 28 heavy (non-hydrogen) atoms. The van der Waals surface area contributed by atoms with Gasteiger partial charge in [-0.1, -0.05) is 31.5 Å². The van der Waals surface area contributed by atoms with Gasteiger partial charge in [0.1, 0.15) is 18.1 Å². The number of thiophene rings is 1. The van der Waals surface area contributed by atoms with Crippen LogP contribution >= 0.6 is 11.3 Å². The Morgan fingerprint density at radius 2 is 1.79 bits per heavy atom. The minimum Gasteiger partial charge on any atom is -0.485 e. The molecule has 3 heterocycles. The summed E-state index contributed by atoms with van der Waals surface area (Å²) in [6.45, 7) is 4.66. The molecule has 1 aromatic carbocycles. The van der Waals surface area contributed by atoms with Crippen molar-refractivity contribution in [1.29, 1.82) is 0 Å². The van der Waals surface area contributed by atoms with Gasteiger partial charge >= 0.3 is 6.18 Å². The van der Waals surface area contributed by atoms with E-state index in [0.29, 0.717) is 40.3 Å². The number of aromatic nitrogens is 2. The highest BCUT2D eigenvalue weighted by Crippen LogP contribution is 2.54. The number of hydrogen-bond acceptors (Lipinski definition) is 4. The molecule has 0 aliphatic carbocycles. The Balaban J connectivity index is 1.89. The molecule has 0 saturated heterocycles. The summed E-state index contributed by atoms with van der Waals surface area (Å²) in [6, 6.07) is 5.53. The van der Waals surface area contributed by atoms with Crippen LogP contribution in [-0.2, 0) is 12.6 Å². The van der Waals surface area contributed by atoms with E-state index in [9.17, 15) is 13.2 Å². The maximum absolute atomic E-state index is 13.6. The van der Waals surface area contributed by atoms with E-state index in [-0.39, 0.29) is 5.56 Å². The number of fused-ring (bicyclic) bond motifs is 1. The SMILES string of the molecule is CCCc1nc(-c2sc(-c3ccccc3C(F)(F)F)c3c2OCCO3)[nH]c1C. The van der Waals surface area contributed by atoms with Crippen LogP contribution in [0.3, 0.4) is 0 Å². The molecule has 0 saturated carbocycles. The highest BCUT2D eigenvalue weighted by molar-refractivity contribution is 7.19. The fraction of sp³-hybridized carbons (Fsp3) is 0.350. The number of hydrogen-bond donors (Lipinski definition) is 1. The van der Waals surface area contributed by atoms with Crippen LogP contribution in [0.4, 0.5) is 13.2 Å². The monoisotopic (exact) mass is 408 g/mol. The van der Waals surface area contributed by atoms with Gasteiger partial charge in [-0.3, -0.25) is 0 Å². The normalized spacial score (nSPS) is 13.8. The zero-order valence-corrected chi connectivity index (χ0v) is 16.3. The number of H-pyrrole nitrogens is 1. The van der Waals surface area contributed by atoms with Crippen LogP contribution in [0.15, 0.2) is 24.3 Å². The number of rotatable bonds is 4. The van der Waals surface area contributed by atoms with Gasteiger partial charge in [0, 0.05) is 11.3 Å². The van der Waals surface area contributed by atoms with Gasteiger partial charge in [-0.05, 0) is 19.4 Å². The second-order valence-electron chi connectivity index (χ2n) is 6.57. The summed E-state index contributed by atoms with van der Waals surface area (Å²) in [7, 11) is 0. The van der Waals surface area contributed by atoms with Gasteiger partial charge in [-0.2, -0.15) is 13.2 Å². The molecule has 0 radical (unpaired) electrons. The smallest absolute Gasteiger partial charge is 0.417 e. The van der Waals surface area contributed by atoms with Crippen molar-refractivity contribution in [2.24, 2.45) is 0 Å². The molecule has 0 atom stereocenters. The Kier molecular flexibility index (Phi) is 4.82. The molecule has 148 valence electrons. The lowest BCUT2D eigenvalue weighted by Crippen LogP contribution is -2.15. The van der Waals surface area contributed by atoms with Crippen molar-refractivity contribution in [2.45, 2.75) is 32.9 Å². The lowest BCUT2D eigenvalue weighted by Gasteiger charge is -2.18. The molecule has 0 unspecified atom stereocenters. The number of alkyl halides is 3. The van der Waals surface area contributed by atoms with Crippen LogP contribution in [0.2, 0.25) is 0 Å². The van der Waals surface area contributed by atoms with Crippen molar-refractivity contribution < 1.29 is 22.6 Å². The van der Waals surface area contributed by atoms with Crippen LogP contribution in [-0.4, -0.2) is 23.2 Å². The predicted octanol–water partition coefficient (Wildman–Crippen LogP) is 5.86. The quantitative estimate of drug-likeness (QED) is 0.589. The van der Waals surface area contributed by atoms with Crippen LogP contribution in [0, 0.1) is 6.92 Å². The van der Waals surface area contributed by atoms with E-state index in [0.717, 1.165) is 30.3 Å². The molecule has 1 aliphatic heterocycles. The second-order valence-corrected chi connectivity index (χ2v) is 7.59. The lowest BCUT2D eigenvalue weighted by atomic mass is 10.0. The van der Waals surface area contributed by atoms with Crippen molar-refractivity contribution in [1.82, 2.24) is 9.97 Å². The molecule has 0 fully saturated rings. The van der Waals surface area contributed by atoms with E-state index >= 15 is 0 Å². The van der Waals surface area contributed by atoms with Crippen LogP contribution in [0.25, 0.3) is 21.1 Å². The zero-order valence-electron chi connectivity index (χ0n) is 15.4. The summed E-state index contributed by atoms with van der Waals surface area (Å²) in [5.74, 6) is 1.41. The van der Waals surface area contributed by atoms with Gasteiger partial charge in [0.15, 0.2) is 17.3 Å². The molecular formula is C20H19F3N2O2S. The fourth-order valence-corrected chi connectivity index (χ4v) is 4.47. The third-order valence-corrected chi connectivity index (χ3v) is 5.76. The van der Waals surface area contributed by atoms with Gasteiger partial charge < -0.3 is 14.5 Å². The number of aryl methyl sites for hydroxylation is 2. The number of nitrogens with zero attached hydrogens (tertiary/aromatic N) is 1. The van der Waals surface area contributed by atoms with Gasteiger partial charge in [0.25, 0.3) is 0 Å². The Hall–Kier alpha value is -2.48. The minimum atomic E-state index is -4.46. The van der Waals surface area contributed by atoms with Crippen molar-refractivity contribution in [3.05, 3.63) is 41.2 Å². The van der Waals surface area contributed by atoms with E-state index in [2.05, 4.69) is 16.9 Å². The summed E-state index contributed by atoms with van der Waals surface area (Å²) in [4.78, 5) is 8.97. The highest BCUT2D eigenvalue weighted by atomic mass is 32.1. The van der Waals surface area contributed by atoms with E-state index in [1.54, 1.807) is 6.07 Å². The largest absolute Gasteiger partial charge is 0.485 e. The predicted molar refractivity (Wildman–Crippen MR) is 102 cm³/mol. The Labute approximate surface area is 164 Å². The van der Waals surface area contributed by atoms with Crippen LogP contribution < -0.4 is 9.47 Å². The molecular weight excluding hydrogens is 389 g/mol. The zero-order chi connectivity index (χ0) is 19.9. The summed E-state index contributed by atoms with van der Waals surface area (Å²) in [5, 5.41) is 0. The first-order valence-corrected chi connectivity index (χ1v) is 9.86. The van der Waals surface area contributed by atoms with Crippen molar-refractivity contribution in [2.75, 3.05) is 13.2 Å². The molecule has 1 aliphatic rings. The molecule has 4 nitrogen and oxygen atoms in total. The Bertz CT molecular complexity index is 1010. The summed E-state index contributed by atoms with van der Waals surface area (Å²) in [6.07, 6.45) is -2.67. The maximum atomic E-state index is 13.6. The Morgan fingerprint density at radius 1 is 1.11 bits per heavy atom. The van der Waals surface area contributed by atoms with Gasteiger partial charge in [-0.25, -0.2) is 4.98 Å². The summed E-state index contributed by atoms with van der Waals surface area (Å²) >= 11 is 1.21. The number of aromatic amines is 1. The number of nitrogens with one attached hydrogen (secondary N) is 1. The molecule has 2 aromatic heterocycles.